The molecule has 0 saturated heterocycles. The molecule has 0 rings (SSSR count). The van der Waals surface area contributed by atoms with Crippen molar-refractivity contribution in [1.82, 2.24) is 0 Å². The van der Waals surface area contributed by atoms with Gasteiger partial charge in [-0.05, 0) is 51.4 Å². The van der Waals surface area contributed by atoms with Crippen molar-refractivity contribution in [3.63, 3.8) is 0 Å². The second-order valence-corrected chi connectivity index (χ2v) is 31.4. The number of phosphoric acid groups is 2. The Kier molecular flexibility index (Phi) is 73.0. The number of rotatable bonds is 80. The maximum absolute atomic E-state index is 13.1. The minimum atomic E-state index is -4.96. The van der Waals surface area contributed by atoms with Crippen molar-refractivity contribution in [3.8, 4) is 0 Å². The Morgan fingerprint density at radius 1 is 0.280 bits per heavy atom. The zero-order valence-corrected chi connectivity index (χ0v) is 66.5. The quantitative estimate of drug-likeness (QED) is 0.0169. The molecule has 0 aromatic heterocycles. The van der Waals surface area contributed by atoms with Gasteiger partial charge in [0.2, 0.25) is 0 Å². The number of hydrogen-bond acceptors (Lipinski definition) is 15. The molecule has 0 spiro atoms. The van der Waals surface area contributed by atoms with Crippen LogP contribution in [0.15, 0.2) is 24.3 Å². The van der Waals surface area contributed by atoms with E-state index in [1.54, 1.807) is 0 Å². The number of carbonyl (C=O) groups excluding carboxylic acids is 4. The average Bonchev–Trinajstić information content (AvgIpc) is 0.950. The first-order valence-electron chi connectivity index (χ1n) is 41.6. The summed E-state index contributed by atoms with van der Waals surface area (Å²) < 4.78 is 68.6. The molecule has 0 heterocycles. The fourth-order valence-corrected chi connectivity index (χ4v) is 13.7. The van der Waals surface area contributed by atoms with Gasteiger partial charge in [0.1, 0.15) is 19.3 Å². The minimum absolute atomic E-state index is 0.0856. The second kappa shape index (κ2) is 74.8. The van der Waals surface area contributed by atoms with Crippen molar-refractivity contribution in [2.75, 3.05) is 39.6 Å². The Morgan fingerprint density at radius 2 is 0.480 bits per heavy atom. The van der Waals surface area contributed by atoms with E-state index in [1.165, 1.54) is 231 Å². The highest BCUT2D eigenvalue weighted by Gasteiger charge is 2.30. The number of carbonyl (C=O) groups is 4. The van der Waals surface area contributed by atoms with Crippen LogP contribution < -0.4 is 0 Å². The average molecular weight is 1460 g/mol. The summed E-state index contributed by atoms with van der Waals surface area (Å²) in [6.45, 7) is 4.94. The lowest BCUT2D eigenvalue weighted by atomic mass is 10.0. The van der Waals surface area contributed by atoms with Crippen LogP contribution in [0.5, 0.6) is 0 Å². The zero-order valence-electron chi connectivity index (χ0n) is 64.7. The van der Waals surface area contributed by atoms with Gasteiger partial charge < -0.3 is 33.8 Å². The van der Waals surface area contributed by atoms with E-state index in [-0.39, 0.29) is 25.7 Å². The van der Waals surface area contributed by atoms with Crippen molar-refractivity contribution in [3.05, 3.63) is 24.3 Å². The van der Waals surface area contributed by atoms with Gasteiger partial charge in [0.25, 0.3) is 0 Å². The molecule has 0 aliphatic rings. The Balaban J connectivity index is 5.25. The van der Waals surface area contributed by atoms with E-state index in [0.717, 1.165) is 103 Å². The number of esters is 4. The van der Waals surface area contributed by atoms with Gasteiger partial charge in [-0.2, -0.15) is 0 Å². The molecule has 0 aliphatic carbocycles. The van der Waals surface area contributed by atoms with E-state index in [9.17, 15) is 43.2 Å². The first-order valence-corrected chi connectivity index (χ1v) is 44.6. The van der Waals surface area contributed by atoms with Crippen molar-refractivity contribution in [1.29, 1.82) is 0 Å². The normalized spacial score (nSPS) is 13.9. The SMILES string of the molecule is CCCCCC/C=C\C=C/CCCCCCCC(=O)O[C@H](COC(=O)CCCCCCCCCCC)COP(=O)(O)OC[C@H](O)COP(=O)(O)OC[C@@H](COC(=O)CCCCCCCCCCCCCCCCCCC)OC(=O)CCCCCCCCCCCCCCCCCCCCC. The molecule has 5 atom stereocenters. The lowest BCUT2D eigenvalue weighted by Gasteiger charge is -2.21. The van der Waals surface area contributed by atoms with E-state index in [0.29, 0.717) is 25.7 Å². The molecule has 3 N–H and O–H groups in total. The Morgan fingerprint density at radius 3 is 0.730 bits per heavy atom. The highest BCUT2D eigenvalue weighted by Crippen LogP contribution is 2.45. The van der Waals surface area contributed by atoms with Crippen LogP contribution in [0.1, 0.15) is 413 Å². The van der Waals surface area contributed by atoms with Crippen LogP contribution in [0.3, 0.4) is 0 Å². The first kappa shape index (κ1) is 97.5. The number of aliphatic hydroxyl groups excluding tert-OH is 1. The standard InChI is InChI=1S/C81H154O17P2/c1-5-9-13-17-21-25-28-31-34-36-37-39-42-45-48-52-56-60-64-68-81(86)98-77(72-92-79(84)66-62-58-54-50-46-43-41-38-35-32-29-26-22-18-14-10-6-2)74-96-100(89,90)94-70-75(82)69-93-99(87,88)95-73-76(71-91-78(83)65-61-57-53-49-24-20-16-12-8-4)97-80(85)67-63-59-55-51-47-44-40-33-30-27-23-19-15-11-7-3/h27,30,33,40,75-77,82H,5-26,28-29,31-32,34-39,41-74H2,1-4H3,(H,87,88)(H,89,90)/b30-27-,40-33-/t75-,76+,77+/m0/s1. The van der Waals surface area contributed by atoms with Gasteiger partial charge in [0.05, 0.1) is 26.4 Å². The number of ether oxygens (including phenoxy) is 4. The summed E-state index contributed by atoms with van der Waals surface area (Å²) in [7, 11) is -9.93. The Bertz CT molecular complexity index is 1990. The van der Waals surface area contributed by atoms with Gasteiger partial charge in [-0.3, -0.25) is 37.3 Å². The third kappa shape index (κ3) is 73.8. The predicted octanol–water partition coefficient (Wildman–Crippen LogP) is 24.1. The largest absolute Gasteiger partial charge is 0.472 e. The fraction of sp³-hybridized carbons (Fsp3) is 0.901. The second-order valence-electron chi connectivity index (χ2n) is 28.5. The third-order valence-corrected chi connectivity index (χ3v) is 20.4. The highest BCUT2D eigenvalue weighted by atomic mass is 31.2. The molecule has 19 heteroatoms. The molecular formula is C81H154O17P2. The fourth-order valence-electron chi connectivity index (χ4n) is 12.1. The molecule has 100 heavy (non-hydrogen) atoms. The molecule has 0 aromatic rings. The number of allylic oxidation sites excluding steroid dienone is 4. The maximum atomic E-state index is 13.1. The summed E-state index contributed by atoms with van der Waals surface area (Å²) in [4.78, 5) is 72.9. The van der Waals surface area contributed by atoms with Crippen LogP contribution in [0.2, 0.25) is 0 Å². The minimum Gasteiger partial charge on any atom is -0.462 e. The highest BCUT2D eigenvalue weighted by molar-refractivity contribution is 7.47. The van der Waals surface area contributed by atoms with E-state index < -0.39 is 97.5 Å². The molecular weight excluding hydrogens is 1310 g/mol. The van der Waals surface area contributed by atoms with Gasteiger partial charge in [-0.1, -0.05) is 360 Å². The van der Waals surface area contributed by atoms with Crippen LogP contribution in [-0.2, 0) is 65.4 Å². The van der Waals surface area contributed by atoms with Crippen LogP contribution in [-0.4, -0.2) is 96.7 Å². The lowest BCUT2D eigenvalue weighted by molar-refractivity contribution is -0.161. The van der Waals surface area contributed by atoms with Gasteiger partial charge in [0.15, 0.2) is 12.2 Å². The zero-order chi connectivity index (χ0) is 73.2. The Labute approximate surface area is 612 Å². The molecule has 0 aromatic carbocycles. The van der Waals surface area contributed by atoms with E-state index in [2.05, 4.69) is 52.0 Å². The summed E-state index contributed by atoms with van der Waals surface area (Å²) in [5.41, 5.74) is 0. The predicted molar refractivity (Wildman–Crippen MR) is 409 cm³/mol. The van der Waals surface area contributed by atoms with Crippen LogP contribution in [0.4, 0.5) is 0 Å². The number of hydrogen-bond donors (Lipinski definition) is 3. The van der Waals surface area contributed by atoms with Crippen molar-refractivity contribution in [2.45, 2.75) is 431 Å². The molecule has 0 amide bonds. The van der Waals surface area contributed by atoms with E-state index >= 15 is 0 Å². The summed E-state index contributed by atoms with van der Waals surface area (Å²) in [5, 5.41) is 10.6. The summed E-state index contributed by atoms with van der Waals surface area (Å²) >= 11 is 0. The molecule has 0 bridgehead atoms. The molecule has 2 unspecified atom stereocenters. The number of aliphatic hydroxyl groups is 1. The molecule has 17 nitrogen and oxygen atoms in total. The van der Waals surface area contributed by atoms with Crippen molar-refractivity contribution >= 4 is 39.5 Å². The lowest BCUT2D eigenvalue weighted by Crippen LogP contribution is -2.30. The molecule has 0 fully saturated rings. The topological polar surface area (TPSA) is 237 Å². The van der Waals surface area contributed by atoms with Crippen LogP contribution in [0, 0.1) is 0 Å². The Hall–Kier alpha value is -2.46. The van der Waals surface area contributed by atoms with Crippen LogP contribution >= 0.6 is 15.6 Å². The number of phosphoric ester groups is 2. The smallest absolute Gasteiger partial charge is 0.462 e. The summed E-state index contributed by atoms with van der Waals surface area (Å²) in [5.74, 6) is -2.14. The van der Waals surface area contributed by atoms with E-state index in [1.807, 2.05) is 0 Å². The first-order chi connectivity index (χ1) is 48.7. The molecule has 0 aliphatic heterocycles. The van der Waals surface area contributed by atoms with Crippen molar-refractivity contribution < 1.29 is 80.2 Å². The van der Waals surface area contributed by atoms with Gasteiger partial charge in [-0.25, -0.2) is 9.13 Å². The summed E-state index contributed by atoms with van der Waals surface area (Å²) in [6, 6.07) is 0. The van der Waals surface area contributed by atoms with Gasteiger partial charge >= 0.3 is 39.5 Å². The van der Waals surface area contributed by atoms with Gasteiger partial charge in [-0.15, -0.1) is 0 Å². The van der Waals surface area contributed by atoms with E-state index in [4.69, 9.17) is 37.0 Å². The number of unbranched alkanes of at least 4 members (excludes halogenated alkanes) is 51. The van der Waals surface area contributed by atoms with Crippen LogP contribution in [0.25, 0.3) is 0 Å². The maximum Gasteiger partial charge on any atom is 0.472 e. The molecule has 0 saturated carbocycles. The monoisotopic (exact) mass is 1460 g/mol. The van der Waals surface area contributed by atoms with Crippen molar-refractivity contribution in [2.24, 2.45) is 0 Å². The van der Waals surface area contributed by atoms with Gasteiger partial charge in [0, 0.05) is 25.7 Å². The summed E-state index contributed by atoms with van der Waals surface area (Å²) in [6.07, 6.45) is 70.2. The molecule has 0 radical (unpaired) electrons. The molecule has 590 valence electrons. The third-order valence-electron chi connectivity index (χ3n) is 18.5.